The van der Waals surface area contributed by atoms with Crippen LogP contribution in [0.5, 0.6) is 0 Å². The first-order chi connectivity index (χ1) is 7.09. The maximum atomic E-state index is 13.7. The van der Waals surface area contributed by atoms with Crippen LogP contribution < -0.4 is 0 Å². The van der Waals surface area contributed by atoms with Gasteiger partial charge in [-0.1, -0.05) is 17.7 Å². The average Bonchev–Trinajstić information content (AvgIpc) is 2.50. The van der Waals surface area contributed by atoms with Crippen molar-refractivity contribution in [2.24, 2.45) is 7.05 Å². The summed E-state index contributed by atoms with van der Waals surface area (Å²) >= 11 is 5.71. The lowest BCUT2D eigenvalue weighted by atomic mass is 10.2. The summed E-state index contributed by atoms with van der Waals surface area (Å²) in [6.07, 6.45) is 1.84. The summed E-state index contributed by atoms with van der Waals surface area (Å²) in [6.45, 7) is 1.87. The molecule has 2 nitrogen and oxygen atoms in total. The zero-order chi connectivity index (χ0) is 11.0. The van der Waals surface area contributed by atoms with Crippen molar-refractivity contribution in [1.29, 1.82) is 0 Å². The number of halogens is 2. The largest absolute Gasteiger partial charge is 0.334 e. The Kier molecular flexibility index (Phi) is 2.49. The van der Waals surface area contributed by atoms with Gasteiger partial charge in [-0.05, 0) is 19.1 Å². The standard InChI is InChI=1S/C11H10ClFN2/c1-7-6-15(2)11(14-7)8-4-3-5-9(12)10(8)13/h3-6H,1-2H3. The van der Waals surface area contributed by atoms with Gasteiger partial charge >= 0.3 is 0 Å². The Hall–Kier alpha value is -1.35. The lowest BCUT2D eigenvalue weighted by Gasteiger charge is -2.03. The molecule has 1 aromatic carbocycles. The van der Waals surface area contributed by atoms with E-state index in [2.05, 4.69) is 4.98 Å². The molecule has 2 aromatic rings. The van der Waals surface area contributed by atoms with Gasteiger partial charge in [-0.3, -0.25) is 0 Å². The topological polar surface area (TPSA) is 17.8 Å². The van der Waals surface area contributed by atoms with Crippen molar-refractivity contribution in [2.75, 3.05) is 0 Å². The molecular weight excluding hydrogens is 215 g/mol. The lowest BCUT2D eigenvalue weighted by molar-refractivity contribution is 0.629. The number of imidazole rings is 1. The van der Waals surface area contributed by atoms with Crippen LogP contribution in [0, 0.1) is 12.7 Å². The molecule has 0 N–H and O–H groups in total. The second kappa shape index (κ2) is 3.66. The Labute approximate surface area is 92.3 Å². The third-order valence-corrected chi connectivity index (χ3v) is 2.48. The van der Waals surface area contributed by atoms with Crippen LogP contribution in [0.1, 0.15) is 5.69 Å². The molecule has 0 saturated carbocycles. The third kappa shape index (κ3) is 1.75. The highest BCUT2D eigenvalue weighted by molar-refractivity contribution is 6.31. The number of nitrogens with zero attached hydrogens (tertiary/aromatic N) is 2. The van der Waals surface area contributed by atoms with E-state index in [1.807, 2.05) is 20.2 Å². The van der Waals surface area contributed by atoms with Crippen LogP contribution in [0.3, 0.4) is 0 Å². The van der Waals surface area contributed by atoms with Gasteiger partial charge in [-0.15, -0.1) is 0 Å². The molecule has 1 heterocycles. The fourth-order valence-electron chi connectivity index (χ4n) is 1.54. The van der Waals surface area contributed by atoms with E-state index < -0.39 is 5.82 Å². The zero-order valence-electron chi connectivity index (χ0n) is 8.46. The van der Waals surface area contributed by atoms with Gasteiger partial charge in [0.05, 0.1) is 16.3 Å². The summed E-state index contributed by atoms with van der Waals surface area (Å²) in [5.41, 5.74) is 1.28. The predicted molar refractivity (Wildman–Crippen MR) is 58.3 cm³/mol. The third-order valence-electron chi connectivity index (χ3n) is 2.19. The molecule has 0 bridgehead atoms. The molecule has 0 aliphatic rings. The second-order valence-corrected chi connectivity index (χ2v) is 3.83. The first-order valence-corrected chi connectivity index (χ1v) is 4.91. The molecule has 0 aliphatic heterocycles. The maximum absolute atomic E-state index is 13.7. The van der Waals surface area contributed by atoms with Gasteiger partial charge in [0.25, 0.3) is 0 Å². The van der Waals surface area contributed by atoms with E-state index in [1.54, 1.807) is 16.7 Å². The molecule has 2 rings (SSSR count). The van der Waals surface area contributed by atoms with Crippen molar-refractivity contribution < 1.29 is 4.39 Å². The molecule has 4 heteroatoms. The Morgan fingerprint density at radius 1 is 1.40 bits per heavy atom. The zero-order valence-corrected chi connectivity index (χ0v) is 9.22. The van der Waals surface area contributed by atoms with Gasteiger partial charge in [-0.2, -0.15) is 0 Å². The first kappa shape index (κ1) is 10.2. The molecule has 0 aliphatic carbocycles. The van der Waals surface area contributed by atoms with Gasteiger partial charge in [0.1, 0.15) is 5.82 Å². The maximum Gasteiger partial charge on any atom is 0.152 e. The van der Waals surface area contributed by atoms with Crippen LogP contribution in [-0.2, 0) is 7.05 Å². The van der Waals surface area contributed by atoms with Crippen molar-refractivity contribution in [3.63, 3.8) is 0 Å². The van der Waals surface area contributed by atoms with Crippen molar-refractivity contribution in [2.45, 2.75) is 6.92 Å². The van der Waals surface area contributed by atoms with Crippen molar-refractivity contribution in [1.82, 2.24) is 9.55 Å². The van der Waals surface area contributed by atoms with Crippen LogP contribution in [0.25, 0.3) is 11.4 Å². The average molecular weight is 225 g/mol. The molecule has 1 aromatic heterocycles. The number of aryl methyl sites for hydroxylation is 2. The number of hydrogen-bond acceptors (Lipinski definition) is 1. The van der Waals surface area contributed by atoms with Crippen molar-refractivity contribution in [3.8, 4) is 11.4 Å². The van der Waals surface area contributed by atoms with Crippen LogP contribution in [0.15, 0.2) is 24.4 Å². The summed E-state index contributed by atoms with van der Waals surface area (Å²) in [7, 11) is 1.83. The number of benzene rings is 1. The highest BCUT2D eigenvalue weighted by Gasteiger charge is 2.12. The molecule has 15 heavy (non-hydrogen) atoms. The van der Waals surface area contributed by atoms with Gasteiger partial charge in [0.15, 0.2) is 5.82 Å². The second-order valence-electron chi connectivity index (χ2n) is 3.42. The first-order valence-electron chi connectivity index (χ1n) is 4.54. The van der Waals surface area contributed by atoms with E-state index in [0.717, 1.165) is 5.69 Å². The summed E-state index contributed by atoms with van der Waals surface area (Å²) < 4.78 is 15.5. The van der Waals surface area contributed by atoms with Crippen molar-refractivity contribution >= 4 is 11.6 Å². The Morgan fingerprint density at radius 3 is 2.73 bits per heavy atom. The minimum atomic E-state index is -0.423. The quantitative estimate of drug-likeness (QED) is 0.728. The van der Waals surface area contributed by atoms with Gasteiger partial charge in [0.2, 0.25) is 0 Å². The molecule has 0 fully saturated rings. The molecule has 78 valence electrons. The van der Waals surface area contributed by atoms with Crippen LogP contribution in [-0.4, -0.2) is 9.55 Å². The molecule has 0 atom stereocenters. The van der Waals surface area contributed by atoms with E-state index in [9.17, 15) is 4.39 Å². The van der Waals surface area contributed by atoms with Gasteiger partial charge in [0, 0.05) is 13.2 Å². The van der Waals surface area contributed by atoms with Crippen molar-refractivity contribution in [3.05, 3.63) is 40.9 Å². The van der Waals surface area contributed by atoms with E-state index >= 15 is 0 Å². The Bertz CT molecular complexity index is 505. The highest BCUT2D eigenvalue weighted by Crippen LogP contribution is 2.26. The summed E-state index contributed by atoms with van der Waals surface area (Å²) in [5, 5.41) is 0.119. The smallest absolute Gasteiger partial charge is 0.152 e. The van der Waals surface area contributed by atoms with Gasteiger partial charge < -0.3 is 4.57 Å². The number of hydrogen-bond donors (Lipinski definition) is 0. The van der Waals surface area contributed by atoms with E-state index in [0.29, 0.717) is 11.4 Å². The van der Waals surface area contributed by atoms with E-state index in [-0.39, 0.29) is 5.02 Å². The fraction of sp³-hybridized carbons (Fsp3) is 0.182. The Balaban J connectivity index is 2.64. The predicted octanol–water partition coefficient (Wildman–Crippen LogP) is 3.19. The van der Waals surface area contributed by atoms with Gasteiger partial charge in [-0.25, -0.2) is 9.37 Å². The van der Waals surface area contributed by atoms with E-state index in [1.165, 1.54) is 6.07 Å². The molecule has 0 saturated heterocycles. The summed E-state index contributed by atoms with van der Waals surface area (Å²) in [6, 6.07) is 4.91. The lowest BCUT2D eigenvalue weighted by Crippen LogP contribution is -1.94. The van der Waals surface area contributed by atoms with E-state index in [4.69, 9.17) is 11.6 Å². The SMILES string of the molecule is Cc1cn(C)c(-c2cccc(Cl)c2F)n1. The summed E-state index contributed by atoms with van der Waals surface area (Å²) in [4.78, 5) is 4.25. The molecule has 0 spiro atoms. The minimum Gasteiger partial charge on any atom is -0.334 e. The molecule has 0 radical (unpaired) electrons. The number of rotatable bonds is 1. The Morgan fingerprint density at radius 2 is 2.13 bits per heavy atom. The fourth-order valence-corrected chi connectivity index (χ4v) is 1.72. The highest BCUT2D eigenvalue weighted by atomic mass is 35.5. The monoisotopic (exact) mass is 224 g/mol. The molecule has 0 amide bonds. The van der Waals surface area contributed by atoms with Crippen LogP contribution >= 0.6 is 11.6 Å². The number of aromatic nitrogens is 2. The van der Waals surface area contributed by atoms with Crippen LogP contribution in [0.2, 0.25) is 5.02 Å². The normalized spacial score (nSPS) is 10.7. The molecule has 0 unspecified atom stereocenters. The van der Waals surface area contributed by atoms with Crippen LogP contribution in [0.4, 0.5) is 4.39 Å². The minimum absolute atomic E-state index is 0.119. The summed E-state index contributed by atoms with van der Waals surface area (Å²) in [5.74, 6) is 0.167. The molecular formula is C11H10ClFN2.